The highest BCUT2D eigenvalue weighted by molar-refractivity contribution is 5.90. The van der Waals surface area contributed by atoms with Gasteiger partial charge in [0.15, 0.2) is 0 Å². The number of nitrogens with one attached hydrogen (secondary N) is 3. The predicted molar refractivity (Wildman–Crippen MR) is 147 cm³/mol. The summed E-state index contributed by atoms with van der Waals surface area (Å²) in [4.78, 5) is 23.8. The van der Waals surface area contributed by atoms with E-state index in [2.05, 4.69) is 29.8 Å². The Kier molecular flexibility index (Phi) is 19.8. The Balaban J connectivity index is 2.12. The summed E-state index contributed by atoms with van der Waals surface area (Å²) in [5, 5.41) is 8.81. The van der Waals surface area contributed by atoms with Gasteiger partial charge in [0.1, 0.15) is 25.2 Å². The lowest BCUT2D eigenvalue weighted by Crippen LogP contribution is -2.33. The first-order valence-electron chi connectivity index (χ1n) is 13.2. The summed E-state index contributed by atoms with van der Waals surface area (Å²) in [7, 11) is 0. The molecule has 1 rings (SSSR count). The average Bonchev–Trinajstić information content (AvgIpc) is 2.89. The molecule has 0 aromatic heterocycles. The second-order valence-corrected chi connectivity index (χ2v) is 8.62. The van der Waals surface area contributed by atoms with Crippen LogP contribution in [0.2, 0.25) is 0 Å². The van der Waals surface area contributed by atoms with Gasteiger partial charge in [0, 0.05) is 30.9 Å². The fourth-order valence-electron chi connectivity index (χ4n) is 2.92. The zero-order valence-electron chi connectivity index (χ0n) is 23.0. The van der Waals surface area contributed by atoms with E-state index >= 15 is 0 Å². The number of anilines is 1. The minimum Gasteiger partial charge on any atom is -0.489 e. The van der Waals surface area contributed by atoms with Crippen molar-refractivity contribution >= 4 is 17.5 Å². The molecule has 216 valence electrons. The number of carbonyl (C=O) groups excluding carboxylic acids is 2. The zero-order chi connectivity index (χ0) is 27.8. The minimum absolute atomic E-state index is 0.0371. The number of nitrogens with two attached hydrogens (primary N) is 1. The van der Waals surface area contributed by atoms with Crippen molar-refractivity contribution < 1.29 is 33.3 Å². The van der Waals surface area contributed by atoms with Gasteiger partial charge < -0.3 is 45.4 Å². The Hall–Kier alpha value is -2.54. The normalized spacial score (nSPS) is 12.1. The smallest absolute Gasteiger partial charge is 0.246 e. The number of carbonyl (C=O) groups is 2. The molecule has 0 aliphatic carbocycles. The van der Waals surface area contributed by atoms with Crippen LogP contribution in [0.5, 0.6) is 5.75 Å². The highest BCUT2D eigenvalue weighted by Gasteiger charge is 2.07. The third-order valence-electron chi connectivity index (χ3n) is 4.79. The van der Waals surface area contributed by atoms with Gasteiger partial charge in [0.05, 0.1) is 46.1 Å². The number of allylic oxidation sites excluding steroid dienone is 1. The molecule has 1 aromatic carbocycles. The molecular weight excluding hydrogens is 492 g/mol. The van der Waals surface area contributed by atoms with Crippen molar-refractivity contribution in [3.8, 4) is 5.75 Å². The van der Waals surface area contributed by atoms with Crippen molar-refractivity contribution in [2.24, 2.45) is 5.73 Å². The summed E-state index contributed by atoms with van der Waals surface area (Å²) in [6, 6.07) is 7.46. The second kappa shape index (κ2) is 22.4. The van der Waals surface area contributed by atoms with Crippen LogP contribution >= 0.6 is 0 Å². The van der Waals surface area contributed by atoms with E-state index in [0.29, 0.717) is 50.5 Å². The highest BCUT2D eigenvalue weighted by Crippen LogP contribution is 2.17. The van der Waals surface area contributed by atoms with E-state index < -0.39 is 6.23 Å². The van der Waals surface area contributed by atoms with Crippen LogP contribution in [0.4, 0.5) is 5.69 Å². The van der Waals surface area contributed by atoms with Gasteiger partial charge in [0.2, 0.25) is 11.8 Å². The third kappa shape index (κ3) is 19.6. The van der Waals surface area contributed by atoms with Crippen LogP contribution < -0.4 is 26.4 Å². The molecular formula is C27H46N4O7. The second-order valence-electron chi connectivity index (χ2n) is 8.62. The lowest BCUT2D eigenvalue weighted by atomic mass is 10.3. The Morgan fingerprint density at radius 3 is 2.50 bits per heavy atom. The maximum absolute atomic E-state index is 12.2. The summed E-state index contributed by atoms with van der Waals surface area (Å²) < 4.78 is 27.3. The zero-order valence-corrected chi connectivity index (χ0v) is 23.0. The molecule has 0 spiro atoms. The van der Waals surface area contributed by atoms with E-state index in [1.54, 1.807) is 24.3 Å². The van der Waals surface area contributed by atoms with E-state index in [9.17, 15) is 9.59 Å². The number of hydrogen-bond acceptors (Lipinski definition) is 9. The van der Waals surface area contributed by atoms with Crippen LogP contribution in [-0.2, 0) is 28.5 Å². The van der Waals surface area contributed by atoms with E-state index in [4.69, 9.17) is 29.4 Å². The topological polar surface area (TPSA) is 142 Å². The number of ether oxygens (including phenoxy) is 5. The minimum atomic E-state index is -0.669. The molecule has 38 heavy (non-hydrogen) atoms. The Bertz CT molecular complexity index is 792. The molecule has 0 saturated carbocycles. The summed E-state index contributed by atoms with van der Waals surface area (Å²) >= 11 is 0. The van der Waals surface area contributed by atoms with E-state index in [1.807, 2.05) is 19.1 Å². The van der Waals surface area contributed by atoms with Gasteiger partial charge in [-0.15, -0.1) is 0 Å². The quantitative estimate of drug-likeness (QED) is 0.0932. The first kappa shape index (κ1) is 33.5. The van der Waals surface area contributed by atoms with Crippen molar-refractivity contribution in [1.29, 1.82) is 0 Å². The first-order valence-corrected chi connectivity index (χ1v) is 13.2. The molecule has 0 bridgehead atoms. The van der Waals surface area contributed by atoms with Gasteiger partial charge in [0.25, 0.3) is 0 Å². The van der Waals surface area contributed by atoms with E-state index in [1.165, 1.54) is 0 Å². The predicted octanol–water partition coefficient (Wildman–Crippen LogP) is 1.83. The van der Waals surface area contributed by atoms with Crippen LogP contribution in [0.25, 0.3) is 0 Å². The van der Waals surface area contributed by atoms with Crippen molar-refractivity contribution in [3.63, 3.8) is 0 Å². The van der Waals surface area contributed by atoms with Crippen LogP contribution in [-0.4, -0.2) is 90.0 Å². The van der Waals surface area contributed by atoms with Gasteiger partial charge in [-0.2, -0.15) is 0 Å². The van der Waals surface area contributed by atoms with Gasteiger partial charge >= 0.3 is 0 Å². The number of amides is 2. The molecule has 0 aliphatic rings. The standard InChI is InChI=1S/C27H46N4O7/c1-4-5-6-11-30-27(33)21-36-17-18-37-25(28)20-38-24-9-7-8-23(19-24)31-26(32)10-13-34-15-16-35-14-12-29-22(2)3/h5-9,19,22,25,29H,4,10-18,20-21,28H2,1-3H3,(H,30,33)(H,31,32)/b6-5+. The first-order chi connectivity index (χ1) is 18.4. The number of hydrogen-bond donors (Lipinski definition) is 4. The van der Waals surface area contributed by atoms with E-state index in [0.717, 1.165) is 13.0 Å². The van der Waals surface area contributed by atoms with Gasteiger partial charge in [-0.3, -0.25) is 9.59 Å². The molecule has 11 nitrogen and oxygen atoms in total. The largest absolute Gasteiger partial charge is 0.489 e. The van der Waals surface area contributed by atoms with Crippen LogP contribution in [0.3, 0.4) is 0 Å². The Morgan fingerprint density at radius 1 is 0.974 bits per heavy atom. The molecule has 0 aliphatic heterocycles. The molecule has 11 heteroatoms. The number of rotatable bonds is 23. The summed E-state index contributed by atoms with van der Waals surface area (Å²) in [5.41, 5.74) is 6.53. The monoisotopic (exact) mass is 538 g/mol. The maximum Gasteiger partial charge on any atom is 0.246 e. The average molecular weight is 539 g/mol. The van der Waals surface area contributed by atoms with Crippen molar-refractivity contribution in [1.82, 2.24) is 10.6 Å². The maximum atomic E-state index is 12.2. The van der Waals surface area contributed by atoms with Crippen LogP contribution in [0, 0.1) is 0 Å². The third-order valence-corrected chi connectivity index (χ3v) is 4.79. The van der Waals surface area contributed by atoms with Gasteiger partial charge in [-0.25, -0.2) is 0 Å². The summed E-state index contributed by atoms with van der Waals surface area (Å²) in [5.74, 6) is 0.205. The SMILES string of the molecule is CC/C=C/CNC(=O)COCCOC(N)COc1cccc(NC(=O)CCOCCOCCNC(C)C)c1. The lowest BCUT2D eigenvalue weighted by Gasteiger charge is -2.15. The summed E-state index contributed by atoms with van der Waals surface area (Å²) in [6.45, 7) is 9.91. The molecule has 0 fully saturated rings. The fourth-order valence-corrected chi connectivity index (χ4v) is 2.92. The number of benzene rings is 1. The molecule has 1 unspecified atom stereocenters. The lowest BCUT2D eigenvalue weighted by molar-refractivity contribution is -0.126. The molecule has 0 radical (unpaired) electrons. The molecule has 5 N–H and O–H groups in total. The molecule has 0 saturated heterocycles. The molecule has 1 atom stereocenters. The van der Waals surface area contributed by atoms with Crippen molar-refractivity contribution in [3.05, 3.63) is 36.4 Å². The Labute approximate surface area is 226 Å². The van der Waals surface area contributed by atoms with Gasteiger partial charge in [-0.1, -0.05) is 39.0 Å². The van der Waals surface area contributed by atoms with E-state index in [-0.39, 0.29) is 44.7 Å². The molecule has 2 amide bonds. The van der Waals surface area contributed by atoms with Crippen LogP contribution in [0.15, 0.2) is 36.4 Å². The summed E-state index contributed by atoms with van der Waals surface area (Å²) in [6.07, 6.45) is 4.37. The van der Waals surface area contributed by atoms with Crippen molar-refractivity contribution in [2.75, 3.05) is 71.3 Å². The Morgan fingerprint density at radius 2 is 1.74 bits per heavy atom. The fraction of sp³-hybridized carbons (Fsp3) is 0.630. The van der Waals surface area contributed by atoms with Crippen molar-refractivity contribution in [2.45, 2.75) is 45.9 Å². The molecule has 1 aromatic rings. The van der Waals surface area contributed by atoms with Gasteiger partial charge in [-0.05, 0) is 18.6 Å². The highest BCUT2D eigenvalue weighted by atomic mass is 16.6. The molecule has 0 heterocycles. The van der Waals surface area contributed by atoms with Crippen LogP contribution in [0.1, 0.15) is 33.6 Å².